The van der Waals surface area contributed by atoms with E-state index in [4.69, 9.17) is 4.74 Å². The van der Waals surface area contributed by atoms with Gasteiger partial charge in [-0.25, -0.2) is 4.98 Å². The number of nitrogens with zero attached hydrogens (tertiary/aromatic N) is 4. The maximum Gasteiger partial charge on any atom is 0.255 e. The van der Waals surface area contributed by atoms with Crippen LogP contribution in [-0.2, 0) is 0 Å². The second kappa shape index (κ2) is 8.16. The Morgan fingerprint density at radius 1 is 0.967 bits per heavy atom. The summed E-state index contributed by atoms with van der Waals surface area (Å²) in [6.07, 6.45) is 1.72. The van der Waals surface area contributed by atoms with Crippen LogP contribution in [0, 0.1) is 20.8 Å². The Hall–Kier alpha value is -4.00. The molecule has 4 aromatic rings. The molecule has 0 aliphatic rings. The number of ether oxygens (including phenoxy) is 1. The van der Waals surface area contributed by atoms with Gasteiger partial charge in [0.05, 0.1) is 5.69 Å². The molecule has 0 radical (unpaired) electrons. The third-order valence-corrected chi connectivity index (χ3v) is 4.74. The van der Waals surface area contributed by atoms with E-state index in [1.165, 1.54) is 0 Å². The largest absolute Gasteiger partial charge is 0.438 e. The van der Waals surface area contributed by atoms with Crippen LogP contribution in [-0.4, -0.2) is 25.7 Å². The van der Waals surface area contributed by atoms with Gasteiger partial charge in [-0.05, 0) is 63.2 Å². The maximum absolute atomic E-state index is 12.3. The molecule has 0 bridgehead atoms. The first-order valence-corrected chi connectivity index (χ1v) is 9.50. The van der Waals surface area contributed by atoms with E-state index in [-0.39, 0.29) is 5.91 Å². The SMILES string of the molecule is Cc1cccc(C(=O)Nc2ccc(Oc3ccc(-n4cnc(C)c4C)nn3)cc2)c1. The van der Waals surface area contributed by atoms with Gasteiger partial charge in [0.1, 0.15) is 12.1 Å². The fraction of sp³-hybridized carbons (Fsp3) is 0.130. The lowest BCUT2D eigenvalue weighted by molar-refractivity contribution is 0.102. The standard InChI is InChI=1S/C23H21N5O2/c1-15-5-4-6-18(13-15)23(29)25-19-7-9-20(10-8-19)30-22-12-11-21(26-27-22)28-14-24-16(2)17(28)3/h4-14H,1-3H3,(H,25,29). The smallest absolute Gasteiger partial charge is 0.255 e. The molecule has 150 valence electrons. The van der Waals surface area contributed by atoms with Gasteiger partial charge in [-0.2, -0.15) is 0 Å². The Morgan fingerprint density at radius 2 is 1.77 bits per heavy atom. The minimum absolute atomic E-state index is 0.154. The van der Waals surface area contributed by atoms with E-state index in [1.807, 2.05) is 49.6 Å². The summed E-state index contributed by atoms with van der Waals surface area (Å²) in [5.74, 6) is 1.50. The van der Waals surface area contributed by atoms with Crippen LogP contribution in [0.5, 0.6) is 11.6 Å². The molecule has 0 atom stereocenters. The van der Waals surface area contributed by atoms with Crippen molar-refractivity contribution in [2.45, 2.75) is 20.8 Å². The molecule has 2 aromatic heterocycles. The van der Waals surface area contributed by atoms with Crippen LogP contribution in [0.2, 0.25) is 0 Å². The van der Waals surface area contributed by atoms with Crippen molar-refractivity contribution >= 4 is 11.6 Å². The molecule has 2 heterocycles. The topological polar surface area (TPSA) is 81.9 Å². The van der Waals surface area contributed by atoms with E-state index in [0.717, 1.165) is 17.0 Å². The second-order valence-electron chi connectivity index (χ2n) is 6.97. The van der Waals surface area contributed by atoms with Crippen molar-refractivity contribution in [2.75, 3.05) is 5.32 Å². The van der Waals surface area contributed by atoms with Crippen LogP contribution >= 0.6 is 0 Å². The Morgan fingerprint density at radius 3 is 2.40 bits per heavy atom. The van der Waals surface area contributed by atoms with Gasteiger partial charge in [-0.1, -0.05) is 17.7 Å². The molecule has 0 saturated carbocycles. The van der Waals surface area contributed by atoms with Crippen molar-refractivity contribution < 1.29 is 9.53 Å². The molecule has 1 N–H and O–H groups in total. The van der Waals surface area contributed by atoms with Gasteiger partial charge in [0.25, 0.3) is 5.91 Å². The number of hydrogen-bond donors (Lipinski definition) is 1. The molecular weight excluding hydrogens is 378 g/mol. The predicted molar refractivity (Wildman–Crippen MR) is 114 cm³/mol. The highest BCUT2D eigenvalue weighted by molar-refractivity contribution is 6.04. The number of nitrogens with one attached hydrogen (secondary N) is 1. The third kappa shape index (κ3) is 4.20. The Bertz CT molecular complexity index is 1180. The van der Waals surface area contributed by atoms with E-state index in [1.54, 1.807) is 42.7 Å². The highest BCUT2D eigenvalue weighted by atomic mass is 16.5. The molecule has 0 fully saturated rings. The van der Waals surface area contributed by atoms with Crippen LogP contribution in [0.1, 0.15) is 27.3 Å². The number of carbonyl (C=O) groups is 1. The van der Waals surface area contributed by atoms with E-state index < -0.39 is 0 Å². The number of imidazole rings is 1. The quantitative estimate of drug-likeness (QED) is 0.529. The molecule has 0 aliphatic carbocycles. The maximum atomic E-state index is 12.3. The van der Waals surface area contributed by atoms with E-state index in [2.05, 4.69) is 20.5 Å². The van der Waals surface area contributed by atoms with E-state index in [0.29, 0.717) is 28.7 Å². The fourth-order valence-electron chi connectivity index (χ4n) is 2.94. The van der Waals surface area contributed by atoms with Crippen LogP contribution in [0.3, 0.4) is 0 Å². The molecule has 7 nitrogen and oxygen atoms in total. The first-order chi connectivity index (χ1) is 14.5. The summed E-state index contributed by atoms with van der Waals surface area (Å²) in [6.45, 7) is 5.88. The Balaban J connectivity index is 1.41. The van der Waals surface area contributed by atoms with Gasteiger partial charge in [0.2, 0.25) is 5.88 Å². The summed E-state index contributed by atoms with van der Waals surface area (Å²) in [6, 6.07) is 18.1. The van der Waals surface area contributed by atoms with Crippen LogP contribution in [0.15, 0.2) is 67.0 Å². The number of rotatable bonds is 5. The number of benzene rings is 2. The zero-order valence-electron chi connectivity index (χ0n) is 17.0. The number of hydrogen-bond acceptors (Lipinski definition) is 5. The van der Waals surface area contributed by atoms with Crippen molar-refractivity contribution in [1.29, 1.82) is 0 Å². The van der Waals surface area contributed by atoms with Crippen molar-refractivity contribution in [3.63, 3.8) is 0 Å². The molecule has 0 aliphatic heterocycles. The lowest BCUT2D eigenvalue weighted by atomic mass is 10.1. The monoisotopic (exact) mass is 399 g/mol. The average Bonchev–Trinajstić information content (AvgIpc) is 3.08. The molecule has 2 aromatic carbocycles. The van der Waals surface area contributed by atoms with E-state index in [9.17, 15) is 4.79 Å². The van der Waals surface area contributed by atoms with Crippen LogP contribution in [0.25, 0.3) is 5.82 Å². The normalized spacial score (nSPS) is 10.6. The van der Waals surface area contributed by atoms with Gasteiger partial charge in [0, 0.05) is 23.0 Å². The number of aromatic nitrogens is 4. The van der Waals surface area contributed by atoms with Crippen molar-refractivity contribution in [3.8, 4) is 17.4 Å². The molecule has 1 amide bonds. The van der Waals surface area contributed by atoms with Crippen molar-refractivity contribution in [3.05, 3.63) is 89.5 Å². The molecular formula is C23H21N5O2. The minimum atomic E-state index is -0.154. The summed E-state index contributed by atoms with van der Waals surface area (Å²) in [5.41, 5.74) is 4.31. The highest BCUT2D eigenvalue weighted by Gasteiger charge is 2.08. The lowest BCUT2D eigenvalue weighted by Crippen LogP contribution is -2.11. The molecule has 0 spiro atoms. The van der Waals surface area contributed by atoms with Crippen molar-refractivity contribution in [2.24, 2.45) is 0 Å². The van der Waals surface area contributed by atoms with Crippen LogP contribution < -0.4 is 10.1 Å². The van der Waals surface area contributed by atoms with Gasteiger partial charge < -0.3 is 10.1 Å². The van der Waals surface area contributed by atoms with Gasteiger partial charge in [-0.3, -0.25) is 9.36 Å². The predicted octanol–water partition coefficient (Wildman–Crippen LogP) is 4.63. The van der Waals surface area contributed by atoms with Gasteiger partial charge in [-0.15, -0.1) is 10.2 Å². The van der Waals surface area contributed by atoms with Gasteiger partial charge in [0.15, 0.2) is 5.82 Å². The summed E-state index contributed by atoms with van der Waals surface area (Å²) < 4.78 is 7.63. The molecule has 0 saturated heterocycles. The number of carbonyl (C=O) groups excluding carboxylic acids is 1. The van der Waals surface area contributed by atoms with Crippen molar-refractivity contribution in [1.82, 2.24) is 19.7 Å². The number of amides is 1. The molecule has 0 unspecified atom stereocenters. The summed E-state index contributed by atoms with van der Waals surface area (Å²) in [7, 11) is 0. The molecule has 7 heteroatoms. The zero-order chi connectivity index (χ0) is 21.1. The Kier molecular flexibility index (Phi) is 5.26. The number of aryl methyl sites for hydroxylation is 2. The number of anilines is 1. The molecule has 4 rings (SSSR count). The first-order valence-electron chi connectivity index (χ1n) is 9.50. The second-order valence-corrected chi connectivity index (χ2v) is 6.97. The molecule has 30 heavy (non-hydrogen) atoms. The Labute approximate surface area is 174 Å². The van der Waals surface area contributed by atoms with Gasteiger partial charge >= 0.3 is 0 Å². The summed E-state index contributed by atoms with van der Waals surface area (Å²) in [5, 5.41) is 11.2. The first kappa shape index (κ1) is 19.3. The lowest BCUT2D eigenvalue weighted by Gasteiger charge is -2.08. The average molecular weight is 399 g/mol. The highest BCUT2D eigenvalue weighted by Crippen LogP contribution is 2.22. The summed E-state index contributed by atoms with van der Waals surface area (Å²) >= 11 is 0. The van der Waals surface area contributed by atoms with Crippen LogP contribution in [0.4, 0.5) is 5.69 Å². The summed E-state index contributed by atoms with van der Waals surface area (Å²) in [4.78, 5) is 16.6. The third-order valence-electron chi connectivity index (χ3n) is 4.74. The zero-order valence-corrected chi connectivity index (χ0v) is 17.0. The minimum Gasteiger partial charge on any atom is -0.438 e. The van der Waals surface area contributed by atoms with E-state index >= 15 is 0 Å². The fourth-order valence-corrected chi connectivity index (χ4v) is 2.94.